The van der Waals surface area contributed by atoms with Crippen molar-refractivity contribution in [3.8, 4) is 0 Å². The molecule has 2 rings (SSSR count). The van der Waals surface area contributed by atoms with Crippen molar-refractivity contribution in [3.63, 3.8) is 0 Å². The lowest BCUT2D eigenvalue weighted by atomic mass is 10.5. The number of nitro groups is 1. The molecule has 0 aliphatic carbocycles. The Kier molecular flexibility index (Phi) is 4.39. The van der Waals surface area contributed by atoms with Gasteiger partial charge in [-0.1, -0.05) is 29.6 Å². The smallest absolute Gasteiger partial charge is 0.304 e. The molecule has 0 amide bonds. The van der Waals surface area contributed by atoms with E-state index < -0.39 is 14.9 Å². The van der Waals surface area contributed by atoms with Crippen LogP contribution in [-0.2, 0) is 16.4 Å². The summed E-state index contributed by atoms with van der Waals surface area (Å²) in [5.41, 5.74) is -0.283. The number of nitrogens with zero attached hydrogens (tertiary/aromatic N) is 3. The summed E-state index contributed by atoms with van der Waals surface area (Å²) in [5, 5.41) is 22.0. The van der Waals surface area contributed by atoms with Crippen LogP contribution in [0.2, 0.25) is 0 Å². The maximum atomic E-state index is 12.2. The van der Waals surface area contributed by atoms with E-state index >= 15 is 0 Å². The zero-order valence-electron chi connectivity index (χ0n) is 11.0. The first-order valence-electron chi connectivity index (χ1n) is 5.68. The standard InChI is InChI=1S/C9H11N5O4S3/c1-3-6-11-12-9(19-6)13-21(17,18)7-4-5(14(15)16)8(10-2)20-7/h4,10H,3H2,1-2H3,(H,12,13). The highest BCUT2D eigenvalue weighted by Crippen LogP contribution is 2.37. The van der Waals surface area contributed by atoms with Gasteiger partial charge in [-0.25, -0.2) is 8.42 Å². The molecule has 2 N–H and O–H groups in total. The molecule has 0 saturated carbocycles. The van der Waals surface area contributed by atoms with Crippen LogP contribution < -0.4 is 10.0 Å². The fourth-order valence-corrected chi connectivity index (χ4v) is 4.60. The van der Waals surface area contributed by atoms with E-state index in [1.54, 1.807) is 0 Å². The van der Waals surface area contributed by atoms with Crippen LogP contribution in [0.3, 0.4) is 0 Å². The molecule has 0 unspecified atom stereocenters. The Labute approximate surface area is 128 Å². The van der Waals surface area contributed by atoms with Crippen molar-refractivity contribution >= 4 is 48.5 Å². The fourth-order valence-electron chi connectivity index (χ4n) is 1.41. The largest absolute Gasteiger partial charge is 0.374 e. The van der Waals surface area contributed by atoms with E-state index in [-0.39, 0.29) is 20.0 Å². The Bertz CT molecular complexity index is 766. The SMILES string of the molecule is CCc1nnc(NS(=O)(=O)c2cc([N+](=O)[O-])c(NC)s2)s1. The Morgan fingerprint density at radius 1 is 1.38 bits per heavy atom. The van der Waals surface area contributed by atoms with Crippen LogP contribution >= 0.6 is 22.7 Å². The van der Waals surface area contributed by atoms with Gasteiger partial charge in [0.2, 0.25) is 5.13 Å². The first-order chi connectivity index (χ1) is 9.87. The van der Waals surface area contributed by atoms with Gasteiger partial charge in [-0.3, -0.25) is 14.8 Å². The van der Waals surface area contributed by atoms with E-state index in [9.17, 15) is 18.5 Å². The molecule has 0 aliphatic rings. The van der Waals surface area contributed by atoms with E-state index in [0.717, 1.165) is 28.7 Å². The van der Waals surface area contributed by atoms with E-state index in [0.29, 0.717) is 11.4 Å². The quantitative estimate of drug-likeness (QED) is 0.602. The van der Waals surface area contributed by atoms with Crippen LogP contribution in [0.4, 0.5) is 15.8 Å². The second kappa shape index (κ2) is 5.91. The zero-order chi connectivity index (χ0) is 15.6. The summed E-state index contributed by atoms with van der Waals surface area (Å²) in [6, 6.07) is 1.01. The molecule has 0 saturated heterocycles. The van der Waals surface area contributed by atoms with Crippen molar-refractivity contribution in [2.24, 2.45) is 0 Å². The van der Waals surface area contributed by atoms with Crippen LogP contribution in [0.1, 0.15) is 11.9 Å². The summed E-state index contributed by atoms with van der Waals surface area (Å²) in [5.74, 6) is 0. The Hall–Kier alpha value is -1.79. The minimum absolute atomic E-state index is 0.133. The van der Waals surface area contributed by atoms with Gasteiger partial charge in [-0.15, -0.1) is 10.2 Å². The molecule has 2 heterocycles. The van der Waals surface area contributed by atoms with Gasteiger partial charge in [-0.05, 0) is 6.42 Å². The van der Waals surface area contributed by atoms with Gasteiger partial charge < -0.3 is 5.32 Å². The Balaban J connectivity index is 2.33. The minimum Gasteiger partial charge on any atom is -0.374 e. The van der Waals surface area contributed by atoms with Crippen LogP contribution in [0.25, 0.3) is 0 Å². The van der Waals surface area contributed by atoms with Gasteiger partial charge in [0.25, 0.3) is 10.0 Å². The van der Waals surface area contributed by atoms with Crippen molar-refractivity contribution in [1.82, 2.24) is 10.2 Å². The lowest BCUT2D eigenvalue weighted by Crippen LogP contribution is -2.11. The molecule has 0 radical (unpaired) electrons. The Morgan fingerprint density at radius 2 is 2.10 bits per heavy atom. The fraction of sp³-hybridized carbons (Fsp3) is 0.333. The molecule has 0 fully saturated rings. The van der Waals surface area contributed by atoms with Crippen molar-refractivity contribution in [2.45, 2.75) is 17.6 Å². The molecule has 0 spiro atoms. The molecular weight excluding hydrogens is 338 g/mol. The topological polar surface area (TPSA) is 127 Å². The van der Waals surface area contributed by atoms with Gasteiger partial charge in [-0.2, -0.15) is 0 Å². The minimum atomic E-state index is -3.92. The van der Waals surface area contributed by atoms with Crippen molar-refractivity contribution in [3.05, 3.63) is 21.2 Å². The molecule has 9 nitrogen and oxygen atoms in total. The predicted molar refractivity (Wildman–Crippen MR) is 80.6 cm³/mol. The highest BCUT2D eigenvalue weighted by atomic mass is 32.2. The number of sulfonamides is 1. The number of thiophene rings is 1. The van der Waals surface area contributed by atoms with Crippen LogP contribution in [-0.4, -0.2) is 30.6 Å². The molecule has 21 heavy (non-hydrogen) atoms. The van der Waals surface area contributed by atoms with Gasteiger partial charge in [0, 0.05) is 13.1 Å². The Morgan fingerprint density at radius 3 is 2.57 bits per heavy atom. The molecule has 12 heteroatoms. The lowest BCUT2D eigenvalue weighted by Gasteiger charge is -2.00. The number of hydrogen-bond donors (Lipinski definition) is 2. The number of aromatic nitrogens is 2. The highest BCUT2D eigenvalue weighted by Gasteiger charge is 2.26. The normalized spacial score (nSPS) is 11.3. The average molecular weight is 349 g/mol. The number of rotatable bonds is 6. The molecule has 0 bridgehead atoms. The zero-order valence-corrected chi connectivity index (χ0v) is 13.4. The monoisotopic (exact) mass is 349 g/mol. The van der Waals surface area contributed by atoms with Crippen molar-refractivity contribution in [2.75, 3.05) is 17.1 Å². The third-order valence-electron chi connectivity index (χ3n) is 2.37. The number of nitrogens with one attached hydrogen (secondary N) is 2. The first kappa shape index (κ1) is 15.6. The van der Waals surface area contributed by atoms with Gasteiger partial charge in [0.15, 0.2) is 5.00 Å². The van der Waals surface area contributed by atoms with E-state index in [2.05, 4.69) is 20.2 Å². The molecule has 114 valence electrons. The second-order valence-electron chi connectivity index (χ2n) is 3.75. The lowest BCUT2D eigenvalue weighted by molar-refractivity contribution is -0.383. The van der Waals surface area contributed by atoms with Crippen LogP contribution in [0, 0.1) is 10.1 Å². The number of aryl methyl sites for hydroxylation is 1. The maximum Gasteiger partial charge on any atom is 0.304 e. The van der Waals surface area contributed by atoms with E-state index in [1.165, 1.54) is 7.05 Å². The summed E-state index contributed by atoms with van der Waals surface area (Å²) in [4.78, 5) is 10.2. The molecule has 2 aromatic rings. The number of anilines is 2. The third-order valence-corrected chi connectivity index (χ3v) is 6.44. The summed E-state index contributed by atoms with van der Waals surface area (Å²) in [6.45, 7) is 1.88. The number of hydrogen-bond acceptors (Lipinski definition) is 9. The van der Waals surface area contributed by atoms with Gasteiger partial charge >= 0.3 is 5.69 Å². The second-order valence-corrected chi connectivity index (χ2v) is 7.77. The molecule has 0 aliphatic heterocycles. The van der Waals surface area contributed by atoms with Crippen LogP contribution in [0.5, 0.6) is 0 Å². The van der Waals surface area contributed by atoms with Gasteiger partial charge in [0.1, 0.15) is 9.22 Å². The van der Waals surface area contributed by atoms with E-state index in [4.69, 9.17) is 0 Å². The molecule has 0 aromatic carbocycles. The first-order valence-corrected chi connectivity index (χ1v) is 8.80. The van der Waals surface area contributed by atoms with Crippen molar-refractivity contribution in [1.29, 1.82) is 0 Å². The predicted octanol–water partition coefficient (Wildman–Crippen LogP) is 1.91. The van der Waals surface area contributed by atoms with Crippen molar-refractivity contribution < 1.29 is 13.3 Å². The third kappa shape index (κ3) is 3.28. The molecule has 2 aromatic heterocycles. The highest BCUT2D eigenvalue weighted by molar-refractivity contribution is 7.95. The van der Waals surface area contributed by atoms with E-state index in [1.807, 2.05) is 6.92 Å². The summed E-state index contributed by atoms with van der Waals surface area (Å²) in [6.07, 6.45) is 0.647. The average Bonchev–Trinajstić information content (AvgIpc) is 3.04. The molecular formula is C9H11N5O4S3. The maximum absolute atomic E-state index is 12.2. The molecule has 0 atom stereocenters. The van der Waals surface area contributed by atoms with Gasteiger partial charge in [0.05, 0.1) is 4.92 Å². The summed E-state index contributed by atoms with van der Waals surface area (Å²) >= 11 is 1.90. The summed E-state index contributed by atoms with van der Waals surface area (Å²) < 4.78 is 26.5. The van der Waals surface area contributed by atoms with Crippen LogP contribution in [0.15, 0.2) is 10.3 Å². The summed E-state index contributed by atoms with van der Waals surface area (Å²) in [7, 11) is -2.43.